The normalized spacial score (nSPS) is 18.8. The number of amides is 1. The Morgan fingerprint density at radius 1 is 1.06 bits per heavy atom. The monoisotopic (exact) mass is 478 g/mol. The molecule has 2 aromatic carbocycles. The molecule has 6 nitrogen and oxygen atoms in total. The lowest BCUT2D eigenvalue weighted by atomic mass is 9.90. The molecule has 0 radical (unpaired) electrons. The number of piperidine rings is 2. The van der Waals surface area contributed by atoms with E-state index in [1.165, 1.54) is 24.1 Å². The predicted molar refractivity (Wildman–Crippen MR) is 135 cm³/mol. The summed E-state index contributed by atoms with van der Waals surface area (Å²) in [5, 5.41) is 7.29. The molecule has 35 heavy (non-hydrogen) atoms. The van der Waals surface area contributed by atoms with Gasteiger partial charge in [0.2, 0.25) is 0 Å². The predicted octanol–water partition coefficient (Wildman–Crippen LogP) is 5.16. The van der Waals surface area contributed by atoms with Crippen LogP contribution >= 0.6 is 0 Å². The smallest absolute Gasteiger partial charge is 0.265 e. The maximum absolute atomic E-state index is 13.4. The van der Waals surface area contributed by atoms with Gasteiger partial charge in [-0.2, -0.15) is 0 Å². The Labute approximate surface area is 206 Å². The number of carbonyl (C=O) groups is 1. The highest BCUT2D eigenvalue weighted by molar-refractivity contribution is 5.93. The van der Waals surface area contributed by atoms with Crippen molar-refractivity contribution in [1.29, 1.82) is 0 Å². The first-order chi connectivity index (χ1) is 17.1. The highest BCUT2D eigenvalue weighted by Crippen LogP contribution is 2.33. The SMILES string of the molecule is CCc1ccc(C(=O)NN2CCC(CCN3CCC(c4noc5cc(F)ccc45)CC3)CC2)cc1. The number of hydrazine groups is 1. The van der Waals surface area contributed by atoms with Crippen molar-refractivity contribution >= 4 is 16.9 Å². The molecule has 3 aromatic rings. The van der Waals surface area contributed by atoms with Crippen LogP contribution < -0.4 is 5.43 Å². The highest BCUT2D eigenvalue weighted by Gasteiger charge is 2.26. The summed E-state index contributed by atoms with van der Waals surface area (Å²) in [6.07, 6.45) is 6.54. The second kappa shape index (κ2) is 10.9. The third-order valence-corrected chi connectivity index (χ3v) is 7.79. The Balaban J connectivity index is 1.02. The molecule has 1 N–H and O–H groups in total. The lowest BCUT2D eigenvalue weighted by Gasteiger charge is -2.35. The van der Waals surface area contributed by atoms with Crippen LogP contribution in [0.3, 0.4) is 0 Å². The second-order valence-electron chi connectivity index (χ2n) is 10.0. The fraction of sp³-hybridized carbons (Fsp3) is 0.500. The van der Waals surface area contributed by atoms with Crippen LogP contribution in [0.5, 0.6) is 0 Å². The first-order valence-electron chi connectivity index (χ1n) is 13.0. The number of nitrogens with one attached hydrogen (secondary N) is 1. The van der Waals surface area contributed by atoms with Crippen LogP contribution in [0.4, 0.5) is 4.39 Å². The summed E-state index contributed by atoms with van der Waals surface area (Å²) in [6, 6.07) is 12.6. The molecule has 0 aliphatic carbocycles. The van der Waals surface area contributed by atoms with Crippen LogP contribution in [0.25, 0.3) is 11.0 Å². The zero-order chi connectivity index (χ0) is 24.2. The minimum Gasteiger partial charge on any atom is -0.356 e. The molecule has 186 valence electrons. The maximum Gasteiger partial charge on any atom is 0.265 e. The van der Waals surface area contributed by atoms with Crippen molar-refractivity contribution < 1.29 is 13.7 Å². The van der Waals surface area contributed by atoms with E-state index in [0.717, 1.165) is 81.5 Å². The van der Waals surface area contributed by atoms with E-state index in [1.54, 1.807) is 6.07 Å². The molecule has 0 unspecified atom stereocenters. The number of hydrogen-bond acceptors (Lipinski definition) is 5. The average molecular weight is 479 g/mol. The Morgan fingerprint density at radius 2 is 1.80 bits per heavy atom. The number of carbonyl (C=O) groups excluding carboxylic acids is 1. The van der Waals surface area contributed by atoms with E-state index in [-0.39, 0.29) is 11.7 Å². The number of aryl methyl sites for hydroxylation is 1. The third kappa shape index (κ3) is 5.73. The van der Waals surface area contributed by atoms with Gasteiger partial charge in [0.15, 0.2) is 5.58 Å². The van der Waals surface area contributed by atoms with E-state index >= 15 is 0 Å². The van der Waals surface area contributed by atoms with Gasteiger partial charge in [0.1, 0.15) is 5.82 Å². The summed E-state index contributed by atoms with van der Waals surface area (Å²) < 4.78 is 18.8. The maximum atomic E-state index is 13.4. The summed E-state index contributed by atoms with van der Waals surface area (Å²) in [5.41, 5.74) is 6.57. The molecule has 5 rings (SSSR count). The van der Waals surface area contributed by atoms with Crippen molar-refractivity contribution in [2.75, 3.05) is 32.7 Å². The molecule has 7 heteroatoms. The van der Waals surface area contributed by atoms with Gasteiger partial charge >= 0.3 is 0 Å². The zero-order valence-corrected chi connectivity index (χ0v) is 20.5. The van der Waals surface area contributed by atoms with Crippen molar-refractivity contribution in [3.63, 3.8) is 0 Å². The van der Waals surface area contributed by atoms with Crippen molar-refractivity contribution in [3.8, 4) is 0 Å². The fourth-order valence-corrected chi connectivity index (χ4v) is 5.45. The second-order valence-corrected chi connectivity index (χ2v) is 10.0. The largest absolute Gasteiger partial charge is 0.356 e. The third-order valence-electron chi connectivity index (χ3n) is 7.79. The number of likely N-dealkylation sites (tertiary alicyclic amines) is 1. The number of aromatic nitrogens is 1. The quantitative estimate of drug-likeness (QED) is 0.509. The van der Waals surface area contributed by atoms with Crippen molar-refractivity contribution in [1.82, 2.24) is 20.5 Å². The Morgan fingerprint density at radius 3 is 2.51 bits per heavy atom. The summed E-state index contributed by atoms with van der Waals surface area (Å²) in [7, 11) is 0. The average Bonchev–Trinajstić information content (AvgIpc) is 3.31. The molecule has 0 atom stereocenters. The Kier molecular flexibility index (Phi) is 7.44. The minimum absolute atomic E-state index is 0.0148. The lowest BCUT2D eigenvalue weighted by Crippen LogP contribution is -2.47. The van der Waals surface area contributed by atoms with Crippen LogP contribution in [0.2, 0.25) is 0 Å². The van der Waals surface area contributed by atoms with Gasteiger partial charge in [-0.15, -0.1) is 0 Å². The zero-order valence-electron chi connectivity index (χ0n) is 20.5. The van der Waals surface area contributed by atoms with Gasteiger partial charge < -0.3 is 9.42 Å². The topological polar surface area (TPSA) is 61.6 Å². The van der Waals surface area contributed by atoms with Crippen molar-refractivity contribution in [2.45, 2.75) is 51.4 Å². The van der Waals surface area contributed by atoms with Crippen LogP contribution in [-0.4, -0.2) is 53.7 Å². The molecule has 0 saturated carbocycles. The Bertz CT molecular complexity index is 1130. The standard InChI is InChI=1S/C28H35FN4O2/c1-2-20-3-5-23(6-4-20)28(34)30-33-17-10-21(11-18-33)9-14-32-15-12-22(13-16-32)27-25-8-7-24(29)19-26(25)35-31-27/h3-8,19,21-22H,2,9-18H2,1H3,(H,30,34). The minimum atomic E-state index is -0.287. The van der Waals surface area contributed by atoms with Gasteiger partial charge in [0.25, 0.3) is 5.91 Å². The number of benzene rings is 2. The van der Waals surface area contributed by atoms with E-state index in [4.69, 9.17) is 4.52 Å². The Hall–Kier alpha value is -2.77. The van der Waals surface area contributed by atoms with Gasteiger partial charge in [-0.05, 0) is 93.9 Å². The molecule has 2 aliphatic heterocycles. The van der Waals surface area contributed by atoms with E-state index < -0.39 is 0 Å². The van der Waals surface area contributed by atoms with Gasteiger partial charge in [-0.1, -0.05) is 24.2 Å². The van der Waals surface area contributed by atoms with E-state index in [2.05, 4.69) is 27.4 Å². The van der Waals surface area contributed by atoms with E-state index in [1.807, 2.05) is 24.3 Å². The van der Waals surface area contributed by atoms with Gasteiger partial charge in [0, 0.05) is 36.0 Å². The molecule has 0 spiro atoms. The number of nitrogens with zero attached hydrogens (tertiary/aromatic N) is 3. The van der Waals surface area contributed by atoms with E-state index in [9.17, 15) is 9.18 Å². The number of hydrogen-bond donors (Lipinski definition) is 1. The highest BCUT2D eigenvalue weighted by atomic mass is 19.1. The molecule has 1 aromatic heterocycles. The van der Waals surface area contributed by atoms with Crippen LogP contribution in [0.15, 0.2) is 47.0 Å². The first kappa shape index (κ1) is 23.9. The molecule has 0 bridgehead atoms. The number of halogens is 1. The molecule has 2 aliphatic rings. The first-order valence-corrected chi connectivity index (χ1v) is 13.0. The van der Waals surface area contributed by atoms with E-state index in [0.29, 0.717) is 17.4 Å². The summed E-state index contributed by atoms with van der Waals surface area (Å²) in [4.78, 5) is 15.1. The number of rotatable bonds is 7. The van der Waals surface area contributed by atoms with Gasteiger partial charge in [0.05, 0.1) is 5.69 Å². The number of fused-ring (bicyclic) bond motifs is 1. The van der Waals surface area contributed by atoms with Crippen LogP contribution in [0.1, 0.15) is 66.6 Å². The molecular weight excluding hydrogens is 443 g/mol. The van der Waals surface area contributed by atoms with Crippen LogP contribution in [0, 0.1) is 11.7 Å². The van der Waals surface area contributed by atoms with Crippen molar-refractivity contribution in [3.05, 3.63) is 65.1 Å². The molecule has 3 heterocycles. The molecule has 1 amide bonds. The molecule has 2 saturated heterocycles. The molecule has 2 fully saturated rings. The van der Waals surface area contributed by atoms with Crippen molar-refractivity contribution in [2.24, 2.45) is 5.92 Å². The lowest BCUT2D eigenvalue weighted by molar-refractivity contribution is 0.0684. The van der Waals surface area contributed by atoms with Crippen LogP contribution in [-0.2, 0) is 6.42 Å². The fourth-order valence-electron chi connectivity index (χ4n) is 5.45. The summed E-state index contributed by atoms with van der Waals surface area (Å²) in [6.45, 7) is 7.18. The van der Waals surface area contributed by atoms with Gasteiger partial charge in [-0.3, -0.25) is 10.2 Å². The van der Waals surface area contributed by atoms with Gasteiger partial charge in [-0.25, -0.2) is 9.40 Å². The molecular formula is C28H35FN4O2. The summed E-state index contributed by atoms with van der Waals surface area (Å²) >= 11 is 0. The summed E-state index contributed by atoms with van der Waals surface area (Å²) in [5.74, 6) is 0.783.